The van der Waals surface area contributed by atoms with Gasteiger partial charge in [0, 0.05) is 41.9 Å². The molecule has 5 nitrogen and oxygen atoms in total. The van der Waals surface area contributed by atoms with Gasteiger partial charge in [0.2, 0.25) is 0 Å². The molecule has 0 bridgehead atoms. The molecule has 0 aromatic heterocycles. The van der Waals surface area contributed by atoms with E-state index in [1.165, 1.54) is 14.0 Å². The predicted molar refractivity (Wildman–Crippen MR) is 57.0 cm³/mol. The van der Waals surface area contributed by atoms with Gasteiger partial charge in [0.25, 0.3) is 0 Å². The Morgan fingerprint density at radius 3 is 2.53 bits per heavy atom. The van der Waals surface area contributed by atoms with Crippen molar-refractivity contribution < 1.29 is 18.8 Å². The number of methoxy groups -OCH3 is 1. The van der Waals surface area contributed by atoms with Crippen molar-refractivity contribution in [2.24, 2.45) is 0 Å². The molecule has 0 aliphatic carbocycles. The van der Waals surface area contributed by atoms with E-state index < -0.39 is 22.4 Å². The number of β-amino-alcohol motifs (C(OH)–C–C–N with tert-alkyl or cyclic N) is 1. The van der Waals surface area contributed by atoms with Gasteiger partial charge in [-0.3, -0.25) is 9.11 Å². The van der Waals surface area contributed by atoms with Crippen molar-refractivity contribution >= 4 is 16.8 Å². The molecule has 1 fully saturated rings. The van der Waals surface area contributed by atoms with Gasteiger partial charge in [-0.15, -0.1) is 0 Å². The lowest BCUT2D eigenvalue weighted by molar-refractivity contribution is -0.162. The fourth-order valence-corrected chi connectivity index (χ4v) is 2.68. The number of hydrogen-bond donors (Lipinski definition) is 1. The molecule has 1 atom stereocenters. The summed E-state index contributed by atoms with van der Waals surface area (Å²) in [6.45, 7) is 2.97. The van der Waals surface area contributed by atoms with Crippen molar-refractivity contribution in [1.82, 2.24) is 4.90 Å². The van der Waals surface area contributed by atoms with E-state index in [-0.39, 0.29) is 6.54 Å². The van der Waals surface area contributed by atoms with Gasteiger partial charge in [-0.2, -0.15) is 0 Å². The van der Waals surface area contributed by atoms with Crippen molar-refractivity contribution in [1.29, 1.82) is 0 Å². The highest BCUT2D eigenvalue weighted by molar-refractivity contribution is 7.85. The Hall–Kier alpha value is -0.460. The first-order valence-electron chi connectivity index (χ1n) is 4.84. The van der Waals surface area contributed by atoms with Gasteiger partial charge in [-0.1, -0.05) is 0 Å². The number of nitrogens with zero attached hydrogens (tertiary/aromatic N) is 1. The zero-order chi connectivity index (χ0) is 11.5. The lowest BCUT2D eigenvalue weighted by Crippen LogP contribution is -2.50. The third-order valence-corrected chi connectivity index (χ3v) is 3.70. The normalized spacial score (nSPS) is 23.4. The summed E-state index contributed by atoms with van der Waals surface area (Å²) in [6, 6.07) is 0. The number of hydrogen-bond acceptors (Lipinski definition) is 5. The van der Waals surface area contributed by atoms with Crippen LogP contribution in [-0.4, -0.2) is 64.0 Å². The molecule has 1 saturated heterocycles. The highest BCUT2D eigenvalue weighted by Gasteiger charge is 2.34. The van der Waals surface area contributed by atoms with Crippen LogP contribution in [0.2, 0.25) is 0 Å². The largest absolute Gasteiger partial charge is 0.467 e. The van der Waals surface area contributed by atoms with E-state index in [0.717, 1.165) is 0 Å². The van der Waals surface area contributed by atoms with Crippen LogP contribution in [0.4, 0.5) is 0 Å². The quantitative estimate of drug-likeness (QED) is 0.634. The van der Waals surface area contributed by atoms with E-state index in [9.17, 15) is 14.1 Å². The van der Waals surface area contributed by atoms with E-state index >= 15 is 0 Å². The highest BCUT2D eigenvalue weighted by atomic mass is 32.2. The van der Waals surface area contributed by atoms with E-state index in [1.54, 1.807) is 0 Å². The lowest BCUT2D eigenvalue weighted by Gasteiger charge is -2.31. The number of aliphatic hydroxyl groups is 1. The van der Waals surface area contributed by atoms with Gasteiger partial charge in [0.15, 0.2) is 5.60 Å². The predicted octanol–water partition coefficient (Wildman–Crippen LogP) is -1.03. The second kappa shape index (κ2) is 5.05. The molecule has 1 aliphatic heterocycles. The average Bonchev–Trinajstić information content (AvgIpc) is 2.20. The van der Waals surface area contributed by atoms with E-state index in [2.05, 4.69) is 4.74 Å². The van der Waals surface area contributed by atoms with Crippen LogP contribution in [0.15, 0.2) is 0 Å². The fourth-order valence-electron chi connectivity index (χ4n) is 1.55. The number of carbonyl (C=O) groups is 1. The Bertz CT molecular complexity index is 257. The maximum atomic E-state index is 11.2. The van der Waals surface area contributed by atoms with Gasteiger partial charge in [-0.25, -0.2) is 4.79 Å². The summed E-state index contributed by atoms with van der Waals surface area (Å²) in [5.41, 5.74) is -1.48. The van der Waals surface area contributed by atoms with Crippen molar-refractivity contribution in [3.05, 3.63) is 0 Å². The van der Waals surface area contributed by atoms with E-state index in [4.69, 9.17) is 0 Å². The maximum Gasteiger partial charge on any atom is 0.338 e. The average molecular weight is 235 g/mol. The van der Waals surface area contributed by atoms with Crippen molar-refractivity contribution in [2.45, 2.75) is 12.5 Å². The first-order chi connectivity index (χ1) is 6.95. The maximum absolute atomic E-state index is 11.2. The molecular formula is C9H17NO4S. The molecule has 1 aliphatic rings. The molecule has 0 saturated carbocycles. The third-order valence-electron chi connectivity index (χ3n) is 2.43. The van der Waals surface area contributed by atoms with Crippen LogP contribution in [0.1, 0.15) is 6.92 Å². The molecule has 1 unspecified atom stereocenters. The van der Waals surface area contributed by atoms with Crippen LogP contribution in [-0.2, 0) is 20.3 Å². The zero-order valence-corrected chi connectivity index (χ0v) is 9.88. The van der Waals surface area contributed by atoms with Gasteiger partial charge >= 0.3 is 5.97 Å². The number of carbonyl (C=O) groups excluding carboxylic acids is 1. The summed E-state index contributed by atoms with van der Waals surface area (Å²) in [5, 5.41) is 9.81. The first kappa shape index (κ1) is 12.6. The summed E-state index contributed by atoms with van der Waals surface area (Å²) < 4.78 is 15.6. The first-order valence-corrected chi connectivity index (χ1v) is 6.32. The Labute approximate surface area is 91.9 Å². The van der Waals surface area contributed by atoms with Crippen LogP contribution in [0.5, 0.6) is 0 Å². The van der Waals surface area contributed by atoms with Gasteiger partial charge in [-0.05, 0) is 6.92 Å². The molecular weight excluding hydrogens is 218 g/mol. The van der Waals surface area contributed by atoms with Crippen molar-refractivity contribution in [2.75, 3.05) is 38.2 Å². The zero-order valence-electron chi connectivity index (χ0n) is 9.06. The van der Waals surface area contributed by atoms with Crippen LogP contribution in [0, 0.1) is 0 Å². The minimum atomic E-state index is -1.48. The minimum absolute atomic E-state index is 0.233. The standard InChI is InChI=1S/C9H17NO4S/c1-9(12,8(11)14-2)7-10-3-5-15(13)6-4-10/h12H,3-7H2,1-2H3. The number of rotatable bonds is 3. The molecule has 6 heteroatoms. The Kier molecular flexibility index (Phi) is 4.24. The van der Waals surface area contributed by atoms with Crippen molar-refractivity contribution in [3.8, 4) is 0 Å². The van der Waals surface area contributed by atoms with Gasteiger partial charge < -0.3 is 9.84 Å². The Balaban J connectivity index is 2.47. The monoisotopic (exact) mass is 235 g/mol. The second-order valence-electron chi connectivity index (χ2n) is 3.89. The topological polar surface area (TPSA) is 66.8 Å². The summed E-state index contributed by atoms with van der Waals surface area (Å²) in [5.74, 6) is 0.586. The molecule has 1 N–H and O–H groups in total. The van der Waals surface area contributed by atoms with E-state index in [1.807, 2.05) is 4.90 Å². The Morgan fingerprint density at radius 2 is 2.07 bits per heavy atom. The molecule has 1 heterocycles. The summed E-state index contributed by atoms with van der Waals surface area (Å²) in [6.07, 6.45) is 0. The summed E-state index contributed by atoms with van der Waals surface area (Å²) in [4.78, 5) is 13.1. The SMILES string of the molecule is COC(=O)C(C)(O)CN1CCS(=O)CC1. The van der Waals surface area contributed by atoms with Crippen LogP contribution < -0.4 is 0 Å². The van der Waals surface area contributed by atoms with Crippen molar-refractivity contribution in [3.63, 3.8) is 0 Å². The molecule has 88 valence electrons. The van der Waals surface area contributed by atoms with Crippen LogP contribution in [0.3, 0.4) is 0 Å². The highest BCUT2D eigenvalue weighted by Crippen LogP contribution is 2.10. The molecule has 15 heavy (non-hydrogen) atoms. The number of esters is 1. The Morgan fingerprint density at radius 1 is 1.53 bits per heavy atom. The molecule has 0 aromatic carbocycles. The smallest absolute Gasteiger partial charge is 0.338 e. The molecule has 0 radical (unpaired) electrons. The number of ether oxygens (including phenoxy) is 1. The third kappa shape index (κ3) is 3.55. The molecule has 0 amide bonds. The van der Waals surface area contributed by atoms with Crippen LogP contribution in [0.25, 0.3) is 0 Å². The lowest BCUT2D eigenvalue weighted by atomic mass is 10.1. The van der Waals surface area contributed by atoms with Gasteiger partial charge in [0.05, 0.1) is 7.11 Å². The van der Waals surface area contributed by atoms with Crippen LogP contribution >= 0.6 is 0 Å². The minimum Gasteiger partial charge on any atom is -0.467 e. The fraction of sp³-hybridized carbons (Fsp3) is 0.889. The van der Waals surface area contributed by atoms with E-state index in [0.29, 0.717) is 24.6 Å². The van der Waals surface area contributed by atoms with Gasteiger partial charge in [0.1, 0.15) is 0 Å². The molecule has 0 aromatic rings. The summed E-state index contributed by atoms with van der Waals surface area (Å²) >= 11 is 0. The second-order valence-corrected chi connectivity index (χ2v) is 5.59. The summed E-state index contributed by atoms with van der Waals surface area (Å²) in [7, 11) is 0.511. The molecule has 1 rings (SSSR count). The molecule has 0 spiro atoms.